The quantitative estimate of drug-likeness (QED) is 0.148. The fourth-order valence-corrected chi connectivity index (χ4v) is 10.1. The molecule has 1 aromatic heterocycles. The molecule has 0 saturated heterocycles. The molecule has 0 spiro atoms. The van der Waals surface area contributed by atoms with Gasteiger partial charge in [0.2, 0.25) is 0 Å². The van der Waals surface area contributed by atoms with Gasteiger partial charge in [-0.3, -0.25) is 0 Å². The van der Waals surface area contributed by atoms with Crippen molar-refractivity contribution in [3.8, 4) is 39.1 Å². The smallest absolute Gasteiger partial charge is 0.0538 e. The van der Waals surface area contributed by atoms with Crippen molar-refractivity contribution in [1.29, 1.82) is 0 Å². The van der Waals surface area contributed by atoms with Gasteiger partial charge in [0.1, 0.15) is 0 Å². The molecule has 0 N–H and O–H groups in total. The van der Waals surface area contributed by atoms with Gasteiger partial charge in [0.15, 0.2) is 0 Å². The lowest BCUT2D eigenvalue weighted by atomic mass is 9.88. The maximum Gasteiger partial charge on any atom is 0.0538 e. The van der Waals surface area contributed by atoms with Crippen molar-refractivity contribution in [3.63, 3.8) is 0 Å². The maximum absolute atomic E-state index is 2.46. The molecular weight excluding hydrogens is 773 g/mol. The van der Waals surface area contributed by atoms with E-state index in [-0.39, 0.29) is 0 Å². The fourth-order valence-electron chi connectivity index (χ4n) is 10.1. The summed E-state index contributed by atoms with van der Waals surface area (Å²) in [5, 5.41) is 1.30. The minimum absolute atomic E-state index is 1.04. The second kappa shape index (κ2) is 15.9. The Bertz CT molecular complexity index is 3340. The van der Waals surface area contributed by atoms with E-state index in [1.807, 2.05) is 0 Å². The zero-order valence-corrected chi connectivity index (χ0v) is 35.4. The van der Waals surface area contributed by atoms with E-state index in [9.17, 15) is 0 Å². The summed E-state index contributed by atoms with van der Waals surface area (Å²) in [7, 11) is 0. The van der Waals surface area contributed by atoms with Gasteiger partial charge in [-0.1, -0.05) is 182 Å². The average molecular weight is 817 g/mol. The summed E-state index contributed by atoms with van der Waals surface area (Å²) in [5.41, 5.74) is 23.2. The average Bonchev–Trinajstić information content (AvgIpc) is 3.88. The molecule has 2 aliphatic rings. The van der Waals surface area contributed by atoms with Crippen LogP contribution in [0.15, 0.2) is 237 Å². The van der Waals surface area contributed by atoms with Gasteiger partial charge in [-0.25, -0.2) is 0 Å². The number of benzene rings is 9. The Morgan fingerprint density at radius 3 is 1.58 bits per heavy atom. The van der Waals surface area contributed by atoms with E-state index in [4.69, 9.17) is 0 Å². The van der Waals surface area contributed by atoms with Gasteiger partial charge >= 0.3 is 0 Å². The number of fused-ring (bicyclic) bond motifs is 6. The van der Waals surface area contributed by atoms with E-state index in [0.717, 1.165) is 29.9 Å². The van der Waals surface area contributed by atoms with Crippen LogP contribution in [0.2, 0.25) is 0 Å². The highest BCUT2D eigenvalue weighted by Gasteiger charge is 2.29. The Morgan fingerprint density at radius 1 is 0.406 bits per heavy atom. The predicted octanol–water partition coefficient (Wildman–Crippen LogP) is 16.4. The molecule has 2 aliphatic carbocycles. The standard InChI is InChI=1S/C62H44N2/c1-5-17-43(18-6-1)44-29-34-50(35-30-44)63(51-36-31-45(32-37-51)48-33-40-60-57(41-48)55-26-15-16-28-59(55)64(60)49-23-11-4-12-24-49)52-38-39-54-53-25-13-14-27-56(53)62(58(54)42-52)61(46-19-7-2-8-20-46)47-21-9-3-10-22-47/h1-15,17-27,29-42H,16,28H2. The Labute approximate surface area is 375 Å². The summed E-state index contributed by atoms with van der Waals surface area (Å²) in [6.07, 6.45) is 6.74. The summed E-state index contributed by atoms with van der Waals surface area (Å²) in [6, 6.07) is 84.2. The van der Waals surface area contributed by atoms with Crippen molar-refractivity contribution < 1.29 is 0 Å². The van der Waals surface area contributed by atoms with Gasteiger partial charge in [0, 0.05) is 39.4 Å². The Kier molecular flexibility index (Phi) is 9.34. The molecule has 0 bridgehead atoms. The largest absolute Gasteiger partial charge is 0.313 e. The van der Waals surface area contributed by atoms with Gasteiger partial charge in [0.05, 0.1) is 5.52 Å². The highest BCUT2D eigenvalue weighted by molar-refractivity contribution is 6.14. The van der Waals surface area contributed by atoms with E-state index in [1.54, 1.807) is 0 Å². The van der Waals surface area contributed by atoms with Crippen molar-refractivity contribution in [3.05, 3.63) is 270 Å². The van der Waals surface area contributed by atoms with Crippen LogP contribution in [0.5, 0.6) is 0 Å². The monoisotopic (exact) mass is 816 g/mol. The predicted molar refractivity (Wildman–Crippen MR) is 270 cm³/mol. The molecule has 0 unspecified atom stereocenters. The summed E-state index contributed by atoms with van der Waals surface area (Å²) in [6.45, 7) is 0. The number of hydrogen-bond acceptors (Lipinski definition) is 1. The zero-order chi connectivity index (χ0) is 42.4. The summed E-state index contributed by atoms with van der Waals surface area (Å²) >= 11 is 0. The first-order valence-electron chi connectivity index (χ1n) is 22.3. The Morgan fingerprint density at radius 2 is 0.922 bits per heavy atom. The van der Waals surface area contributed by atoms with Crippen molar-refractivity contribution in [2.75, 3.05) is 4.90 Å². The van der Waals surface area contributed by atoms with E-state index in [2.05, 4.69) is 252 Å². The second-order valence-electron chi connectivity index (χ2n) is 16.8. The molecule has 0 atom stereocenters. The molecule has 302 valence electrons. The third kappa shape index (κ3) is 6.51. The van der Waals surface area contributed by atoms with Crippen LogP contribution in [-0.2, 0) is 6.42 Å². The first-order valence-corrected chi connectivity index (χ1v) is 22.3. The number of nitrogens with zero attached hydrogens (tertiary/aromatic N) is 2. The van der Waals surface area contributed by atoms with Crippen molar-refractivity contribution in [2.45, 2.75) is 12.8 Å². The van der Waals surface area contributed by atoms with Crippen molar-refractivity contribution >= 4 is 45.2 Å². The van der Waals surface area contributed by atoms with Gasteiger partial charge in [-0.2, -0.15) is 0 Å². The molecule has 0 saturated carbocycles. The van der Waals surface area contributed by atoms with Crippen LogP contribution in [-0.4, -0.2) is 4.57 Å². The molecule has 0 radical (unpaired) electrons. The fraction of sp³-hybridized carbons (Fsp3) is 0.0323. The summed E-state index contributed by atoms with van der Waals surface area (Å²) in [5.74, 6) is 0. The molecule has 2 nitrogen and oxygen atoms in total. The third-order valence-corrected chi connectivity index (χ3v) is 13.0. The third-order valence-electron chi connectivity index (χ3n) is 13.0. The summed E-state index contributed by atoms with van der Waals surface area (Å²) < 4.78 is 2.46. The SMILES string of the molecule is C1=Cc2c(n(-c3ccccc3)c3ccc(-c4ccc(N(c5ccc(-c6ccccc6)cc5)c5ccc6c(c5)C(=C(c5ccccc5)c5ccccc5)c5ccccc5-6)cc4)cc23)CC1. The molecule has 2 heteroatoms. The van der Waals surface area contributed by atoms with E-state index < -0.39 is 0 Å². The molecule has 64 heavy (non-hydrogen) atoms. The lowest BCUT2D eigenvalue weighted by Crippen LogP contribution is -2.10. The van der Waals surface area contributed by atoms with Crippen LogP contribution in [0.3, 0.4) is 0 Å². The van der Waals surface area contributed by atoms with Crippen LogP contribution >= 0.6 is 0 Å². The minimum Gasteiger partial charge on any atom is -0.313 e. The number of rotatable bonds is 8. The van der Waals surface area contributed by atoms with Gasteiger partial charge in [0.25, 0.3) is 0 Å². The van der Waals surface area contributed by atoms with Crippen LogP contribution in [0.1, 0.15) is 39.9 Å². The van der Waals surface area contributed by atoms with Crippen LogP contribution in [0.4, 0.5) is 17.1 Å². The van der Waals surface area contributed by atoms with E-state index >= 15 is 0 Å². The summed E-state index contributed by atoms with van der Waals surface area (Å²) in [4.78, 5) is 2.41. The topological polar surface area (TPSA) is 8.17 Å². The minimum atomic E-state index is 1.04. The normalized spacial score (nSPS) is 12.5. The van der Waals surface area contributed by atoms with Crippen molar-refractivity contribution in [2.24, 2.45) is 0 Å². The molecule has 1 heterocycles. The molecular formula is C62H44N2. The van der Waals surface area contributed by atoms with E-state index in [1.165, 1.54) is 94.6 Å². The number of anilines is 3. The van der Waals surface area contributed by atoms with Gasteiger partial charge in [-0.15, -0.1) is 0 Å². The lowest BCUT2D eigenvalue weighted by Gasteiger charge is -2.27. The molecule has 0 amide bonds. The Hall–Kier alpha value is -8.20. The number of hydrogen-bond donors (Lipinski definition) is 0. The van der Waals surface area contributed by atoms with Crippen LogP contribution in [0, 0.1) is 0 Å². The molecule has 9 aromatic carbocycles. The van der Waals surface area contributed by atoms with E-state index in [0.29, 0.717) is 0 Å². The van der Waals surface area contributed by atoms with Crippen LogP contribution < -0.4 is 4.90 Å². The lowest BCUT2D eigenvalue weighted by molar-refractivity contribution is 0.888. The van der Waals surface area contributed by atoms with Gasteiger partial charge < -0.3 is 9.47 Å². The number of aromatic nitrogens is 1. The Balaban J connectivity index is 1.00. The first-order chi connectivity index (χ1) is 31.8. The molecule has 0 fully saturated rings. The zero-order valence-electron chi connectivity index (χ0n) is 35.4. The number of allylic oxidation sites excluding steroid dienone is 1. The van der Waals surface area contributed by atoms with Crippen LogP contribution in [0.25, 0.3) is 67.2 Å². The van der Waals surface area contributed by atoms with Gasteiger partial charge in [-0.05, 0) is 140 Å². The highest BCUT2D eigenvalue weighted by atomic mass is 15.1. The second-order valence-corrected chi connectivity index (χ2v) is 16.8. The number of para-hydroxylation sites is 1. The molecule has 10 aromatic rings. The highest BCUT2D eigenvalue weighted by Crippen LogP contribution is 2.51. The van der Waals surface area contributed by atoms with Crippen molar-refractivity contribution in [1.82, 2.24) is 4.57 Å². The molecule has 12 rings (SSSR count). The maximum atomic E-state index is 2.46. The first kappa shape index (κ1) is 37.6. The molecule has 0 aliphatic heterocycles.